The van der Waals surface area contributed by atoms with E-state index in [4.69, 9.17) is 9.84 Å². The van der Waals surface area contributed by atoms with Gasteiger partial charge in [0.25, 0.3) is 0 Å². The van der Waals surface area contributed by atoms with Gasteiger partial charge in [0, 0.05) is 19.8 Å². The second-order valence-electron chi connectivity index (χ2n) is 3.43. The average molecular weight is 273 g/mol. The third-order valence-corrected chi connectivity index (χ3v) is 1.87. The molecule has 0 saturated heterocycles. The SMILES string of the molecule is CCOCCCN(CC(F)(F)F)C(=O)OCCO. The minimum absolute atomic E-state index is 0.107. The van der Waals surface area contributed by atoms with Gasteiger partial charge in [0.15, 0.2) is 0 Å². The summed E-state index contributed by atoms with van der Waals surface area (Å²) in [5, 5.41) is 8.44. The van der Waals surface area contributed by atoms with E-state index in [2.05, 4.69) is 4.74 Å². The number of amides is 1. The lowest BCUT2D eigenvalue weighted by atomic mass is 10.4. The molecule has 0 aromatic heterocycles. The van der Waals surface area contributed by atoms with E-state index in [1.807, 2.05) is 0 Å². The Balaban J connectivity index is 4.19. The van der Waals surface area contributed by atoms with Gasteiger partial charge in [-0.1, -0.05) is 0 Å². The minimum Gasteiger partial charge on any atom is -0.447 e. The molecule has 108 valence electrons. The number of nitrogens with zero attached hydrogens (tertiary/aromatic N) is 1. The third kappa shape index (κ3) is 9.06. The normalized spacial score (nSPS) is 11.4. The molecule has 0 unspecified atom stereocenters. The molecule has 0 aliphatic rings. The standard InChI is InChI=1S/C10H18F3NO4/c1-2-17-6-3-4-14(8-10(11,12)13)9(16)18-7-5-15/h15H,2-8H2,1H3. The zero-order valence-electron chi connectivity index (χ0n) is 10.2. The molecule has 5 nitrogen and oxygen atoms in total. The van der Waals surface area contributed by atoms with E-state index in [-0.39, 0.29) is 26.2 Å². The number of alkyl halides is 3. The predicted octanol–water partition coefficient (Wildman–Crippen LogP) is 1.41. The number of rotatable bonds is 8. The van der Waals surface area contributed by atoms with Crippen molar-refractivity contribution in [3.05, 3.63) is 0 Å². The van der Waals surface area contributed by atoms with Gasteiger partial charge in [0.2, 0.25) is 0 Å². The molecular formula is C10H18F3NO4. The van der Waals surface area contributed by atoms with E-state index in [0.717, 1.165) is 0 Å². The number of aliphatic hydroxyl groups excluding tert-OH is 1. The number of halogens is 3. The van der Waals surface area contributed by atoms with Crippen molar-refractivity contribution < 1.29 is 32.5 Å². The summed E-state index contributed by atoms with van der Waals surface area (Å²) in [4.78, 5) is 11.8. The quantitative estimate of drug-likeness (QED) is 0.679. The smallest absolute Gasteiger partial charge is 0.410 e. The van der Waals surface area contributed by atoms with Gasteiger partial charge >= 0.3 is 12.3 Å². The summed E-state index contributed by atoms with van der Waals surface area (Å²) in [5.41, 5.74) is 0. The van der Waals surface area contributed by atoms with Crippen molar-refractivity contribution in [1.82, 2.24) is 4.90 Å². The first-order valence-electron chi connectivity index (χ1n) is 5.57. The van der Waals surface area contributed by atoms with Crippen LogP contribution < -0.4 is 0 Å². The summed E-state index contributed by atoms with van der Waals surface area (Å²) in [5.74, 6) is 0. The maximum absolute atomic E-state index is 12.2. The number of hydrogen-bond acceptors (Lipinski definition) is 4. The molecule has 0 saturated carbocycles. The second-order valence-corrected chi connectivity index (χ2v) is 3.43. The highest BCUT2D eigenvalue weighted by atomic mass is 19.4. The lowest BCUT2D eigenvalue weighted by molar-refractivity contribution is -0.143. The Morgan fingerprint density at radius 1 is 1.33 bits per heavy atom. The largest absolute Gasteiger partial charge is 0.447 e. The van der Waals surface area contributed by atoms with Crippen LogP contribution in [0.4, 0.5) is 18.0 Å². The summed E-state index contributed by atoms with van der Waals surface area (Å²) in [6.07, 6.45) is -5.28. The van der Waals surface area contributed by atoms with Gasteiger partial charge < -0.3 is 14.6 Å². The summed E-state index contributed by atoms with van der Waals surface area (Å²) >= 11 is 0. The van der Waals surface area contributed by atoms with Crippen molar-refractivity contribution in [3.63, 3.8) is 0 Å². The highest BCUT2D eigenvalue weighted by molar-refractivity contribution is 5.67. The molecule has 0 rings (SSSR count). The highest BCUT2D eigenvalue weighted by Gasteiger charge is 2.33. The van der Waals surface area contributed by atoms with Crippen molar-refractivity contribution in [2.75, 3.05) is 39.5 Å². The number of aliphatic hydroxyl groups is 1. The molecule has 0 aromatic rings. The number of carbonyl (C=O) groups excluding carboxylic acids is 1. The van der Waals surface area contributed by atoms with Crippen molar-refractivity contribution in [3.8, 4) is 0 Å². The Kier molecular flexibility index (Phi) is 8.47. The fourth-order valence-corrected chi connectivity index (χ4v) is 1.18. The Morgan fingerprint density at radius 3 is 2.50 bits per heavy atom. The maximum atomic E-state index is 12.2. The van der Waals surface area contributed by atoms with Gasteiger partial charge in [-0.15, -0.1) is 0 Å². The second kappa shape index (κ2) is 8.98. The first-order chi connectivity index (χ1) is 8.40. The topological polar surface area (TPSA) is 59.0 Å². The summed E-state index contributed by atoms with van der Waals surface area (Å²) in [7, 11) is 0. The van der Waals surface area contributed by atoms with E-state index in [9.17, 15) is 18.0 Å². The van der Waals surface area contributed by atoms with Crippen LogP contribution in [0.5, 0.6) is 0 Å². The lowest BCUT2D eigenvalue weighted by Crippen LogP contribution is -2.40. The molecule has 0 aromatic carbocycles. The van der Waals surface area contributed by atoms with Crippen LogP contribution in [0.15, 0.2) is 0 Å². The van der Waals surface area contributed by atoms with Gasteiger partial charge in [-0.3, -0.25) is 4.90 Å². The van der Waals surface area contributed by atoms with E-state index >= 15 is 0 Å². The van der Waals surface area contributed by atoms with Crippen molar-refractivity contribution in [1.29, 1.82) is 0 Å². The van der Waals surface area contributed by atoms with E-state index in [0.29, 0.717) is 11.5 Å². The molecule has 0 bridgehead atoms. The Morgan fingerprint density at radius 2 is 2.00 bits per heavy atom. The molecule has 0 heterocycles. The van der Waals surface area contributed by atoms with Crippen LogP contribution in [0.3, 0.4) is 0 Å². The molecule has 18 heavy (non-hydrogen) atoms. The molecule has 1 N–H and O–H groups in total. The highest BCUT2D eigenvalue weighted by Crippen LogP contribution is 2.17. The van der Waals surface area contributed by atoms with Crippen LogP contribution in [0, 0.1) is 0 Å². The monoisotopic (exact) mass is 273 g/mol. The summed E-state index contributed by atoms with van der Waals surface area (Å²) < 4.78 is 46.1. The maximum Gasteiger partial charge on any atom is 0.410 e. The Bertz CT molecular complexity index is 236. The number of carbonyl (C=O) groups is 1. The van der Waals surface area contributed by atoms with Crippen molar-refractivity contribution in [2.45, 2.75) is 19.5 Å². The van der Waals surface area contributed by atoms with E-state index < -0.39 is 25.4 Å². The Hall–Kier alpha value is -1.02. The van der Waals surface area contributed by atoms with Gasteiger partial charge in [0.1, 0.15) is 13.2 Å². The van der Waals surface area contributed by atoms with Crippen LogP contribution in [0.25, 0.3) is 0 Å². The molecule has 0 atom stereocenters. The van der Waals surface area contributed by atoms with Crippen LogP contribution in [0.2, 0.25) is 0 Å². The Labute approximate surface area is 103 Å². The zero-order valence-corrected chi connectivity index (χ0v) is 10.2. The van der Waals surface area contributed by atoms with Crippen molar-refractivity contribution in [2.24, 2.45) is 0 Å². The first kappa shape index (κ1) is 17.0. The van der Waals surface area contributed by atoms with Crippen molar-refractivity contribution >= 4 is 6.09 Å². The average Bonchev–Trinajstić information content (AvgIpc) is 2.28. The van der Waals surface area contributed by atoms with Gasteiger partial charge in [-0.2, -0.15) is 13.2 Å². The number of hydrogen-bond donors (Lipinski definition) is 1. The molecule has 0 radical (unpaired) electrons. The molecule has 0 fully saturated rings. The zero-order chi connectivity index (χ0) is 14.0. The molecule has 8 heteroatoms. The molecule has 0 spiro atoms. The summed E-state index contributed by atoms with van der Waals surface area (Å²) in [6.45, 7) is 0.283. The predicted molar refractivity (Wildman–Crippen MR) is 57.2 cm³/mol. The fourth-order valence-electron chi connectivity index (χ4n) is 1.18. The lowest BCUT2D eigenvalue weighted by Gasteiger charge is -2.23. The van der Waals surface area contributed by atoms with Crippen LogP contribution in [-0.2, 0) is 9.47 Å². The van der Waals surface area contributed by atoms with Crippen LogP contribution in [-0.4, -0.2) is 61.8 Å². The first-order valence-corrected chi connectivity index (χ1v) is 5.57. The number of ether oxygens (including phenoxy) is 2. The molecular weight excluding hydrogens is 255 g/mol. The fraction of sp³-hybridized carbons (Fsp3) is 0.900. The molecule has 0 aliphatic carbocycles. The van der Waals surface area contributed by atoms with Crippen LogP contribution >= 0.6 is 0 Å². The van der Waals surface area contributed by atoms with Gasteiger partial charge in [0.05, 0.1) is 6.61 Å². The van der Waals surface area contributed by atoms with Crippen LogP contribution in [0.1, 0.15) is 13.3 Å². The molecule has 0 aliphatic heterocycles. The van der Waals surface area contributed by atoms with E-state index in [1.54, 1.807) is 6.92 Å². The molecule has 1 amide bonds. The van der Waals surface area contributed by atoms with Gasteiger partial charge in [-0.25, -0.2) is 4.79 Å². The minimum atomic E-state index is -4.48. The van der Waals surface area contributed by atoms with E-state index in [1.165, 1.54) is 0 Å². The third-order valence-electron chi connectivity index (χ3n) is 1.87. The summed E-state index contributed by atoms with van der Waals surface area (Å²) in [6, 6.07) is 0. The van der Waals surface area contributed by atoms with Gasteiger partial charge in [-0.05, 0) is 13.3 Å².